The van der Waals surface area contributed by atoms with Crippen molar-refractivity contribution < 1.29 is 0 Å². The van der Waals surface area contributed by atoms with Gasteiger partial charge < -0.3 is 11.1 Å². The predicted molar refractivity (Wildman–Crippen MR) is 83.6 cm³/mol. The van der Waals surface area contributed by atoms with Gasteiger partial charge in [-0.05, 0) is 19.1 Å². The molecule has 1 unspecified atom stereocenters. The summed E-state index contributed by atoms with van der Waals surface area (Å²) in [5.41, 5.74) is 7.43. The summed E-state index contributed by atoms with van der Waals surface area (Å²) in [6.07, 6.45) is 5.02. The first-order chi connectivity index (χ1) is 10.6. The first kappa shape index (κ1) is 13.9. The van der Waals surface area contributed by atoms with E-state index >= 15 is 0 Å². The molecule has 8 nitrogen and oxygen atoms in total. The van der Waals surface area contributed by atoms with Crippen molar-refractivity contribution in [1.29, 1.82) is 5.41 Å². The lowest BCUT2D eigenvalue weighted by Crippen LogP contribution is -2.13. The van der Waals surface area contributed by atoms with Crippen LogP contribution in [0.5, 0.6) is 0 Å². The van der Waals surface area contributed by atoms with Gasteiger partial charge in [-0.1, -0.05) is 0 Å². The maximum absolute atomic E-state index is 7.63. The molecule has 3 heterocycles. The van der Waals surface area contributed by atoms with E-state index in [1.807, 2.05) is 18.5 Å². The Hall–Kier alpha value is -3.03. The molecule has 4 N–H and O–H groups in total. The van der Waals surface area contributed by atoms with E-state index in [0.29, 0.717) is 28.5 Å². The highest BCUT2D eigenvalue weighted by atomic mass is 15.2. The normalized spacial score (nSPS) is 12.3. The van der Waals surface area contributed by atoms with Crippen molar-refractivity contribution in [2.24, 2.45) is 12.8 Å². The highest BCUT2D eigenvalue weighted by molar-refractivity contribution is 6.05. The quantitative estimate of drug-likeness (QED) is 0.492. The summed E-state index contributed by atoms with van der Waals surface area (Å²) in [6.45, 7) is 1.95. The van der Waals surface area contributed by atoms with Gasteiger partial charge >= 0.3 is 0 Å². The predicted octanol–water partition coefficient (Wildman–Crippen LogP) is 1.22. The van der Waals surface area contributed by atoms with Gasteiger partial charge in [0, 0.05) is 31.2 Å². The summed E-state index contributed by atoms with van der Waals surface area (Å²) in [5, 5.41) is 10.9. The molecule has 0 aliphatic carbocycles. The number of aromatic nitrogens is 5. The Balaban J connectivity index is 2.00. The minimum atomic E-state index is -0.113. The molecular weight excluding hydrogens is 280 g/mol. The second kappa shape index (κ2) is 5.40. The zero-order chi connectivity index (χ0) is 15.7. The molecule has 112 valence electrons. The van der Waals surface area contributed by atoms with Crippen LogP contribution in [0.15, 0.2) is 30.7 Å². The smallest absolute Gasteiger partial charge is 0.205 e. The average Bonchev–Trinajstić information content (AvgIpc) is 2.84. The van der Waals surface area contributed by atoms with Crippen LogP contribution in [0.25, 0.3) is 11.2 Å². The topological polar surface area (TPSA) is 118 Å². The second-order valence-electron chi connectivity index (χ2n) is 4.91. The molecule has 0 saturated carbocycles. The van der Waals surface area contributed by atoms with Gasteiger partial charge in [0.15, 0.2) is 5.65 Å². The number of rotatable bonds is 4. The lowest BCUT2D eigenvalue weighted by Gasteiger charge is -2.12. The first-order valence-corrected chi connectivity index (χ1v) is 6.77. The fourth-order valence-corrected chi connectivity index (χ4v) is 2.22. The number of hydrogen-bond acceptors (Lipinski definition) is 6. The molecule has 0 aliphatic heterocycles. The van der Waals surface area contributed by atoms with E-state index in [1.54, 1.807) is 30.7 Å². The lowest BCUT2D eigenvalue weighted by atomic mass is 10.2. The maximum Gasteiger partial charge on any atom is 0.205 e. The first-order valence-electron chi connectivity index (χ1n) is 6.77. The van der Waals surface area contributed by atoms with Gasteiger partial charge in [0.2, 0.25) is 5.95 Å². The van der Waals surface area contributed by atoms with E-state index in [-0.39, 0.29) is 11.9 Å². The zero-order valence-electron chi connectivity index (χ0n) is 12.3. The Labute approximate surface area is 127 Å². The maximum atomic E-state index is 7.63. The third-order valence-electron chi connectivity index (χ3n) is 3.37. The van der Waals surface area contributed by atoms with E-state index < -0.39 is 0 Å². The van der Waals surface area contributed by atoms with Crippen LogP contribution >= 0.6 is 0 Å². The van der Waals surface area contributed by atoms with Crippen molar-refractivity contribution in [1.82, 2.24) is 24.5 Å². The molecule has 1 atom stereocenters. The number of pyridine rings is 1. The standard InChI is InChI=1S/C14H16N8/c1-8(12-17-5-3-6-18-12)20-14-21-10-9(11(15)16)4-7-19-13(10)22(14)2/h3-8H,1-2H3,(H3,15,16)(H,20,21). The van der Waals surface area contributed by atoms with Crippen molar-refractivity contribution in [2.75, 3.05) is 5.32 Å². The summed E-state index contributed by atoms with van der Waals surface area (Å²) in [4.78, 5) is 17.3. The number of fused-ring (bicyclic) bond motifs is 1. The number of imidazole rings is 1. The average molecular weight is 296 g/mol. The van der Waals surface area contributed by atoms with Crippen LogP contribution < -0.4 is 11.1 Å². The largest absolute Gasteiger partial charge is 0.384 e. The summed E-state index contributed by atoms with van der Waals surface area (Å²) in [6, 6.07) is 3.34. The molecule has 0 spiro atoms. The number of hydrogen-bond donors (Lipinski definition) is 3. The fourth-order valence-electron chi connectivity index (χ4n) is 2.22. The number of nitrogens with two attached hydrogens (primary N) is 1. The van der Waals surface area contributed by atoms with E-state index in [9.17, 15) is 0 Å². The summed E-state index contributed by atoms with van der Waals surface area (Å²) in [7, 11) is 1.85. The Bertz CT molecular complexity index is 823. The van der Waals surface area contributed by atoms with Crippen molar-refractivity contribution >= 4 is 22.9 Å². The highest BCUT2D eigenvalue weighted by Crippen LogP contribution is 2.22. The van der Waals surface area contributed by atoms with Crippen LogP contribution in [-0.2, 0) is 7.05 Å². The lowest BCUT2D eigenvalue weighted by molar-refractivity contribution is 0.764. The molecule has 3 rings (SSSR count). The van der Waals surface area contributed by atoms with Crippen LogP contribution in [0.4, 0.5) is 5.95 Å². The number of anilines is 1. The molecule has 8 heteroatoms. The minimum Gasteiger partial charge on any atom is -0.384 e. The van der Waals surface area contributed by atoms with Crippen LogP contribution in [0.3, 0.4) is 0 Å². The van der Waals surface area contributed by atoms with Crippen molar-refractivity contribution in [2.45, 2.75) is 13.0 Å². The van der Waals surface area contributed by atoms with Crippen LogP contribution in [0, 0.1) is 5.41 Å². The molecule has 0 aromatic carbocycles. The van der Waals surface area contributed by atoms with E-state index in [0.717, 1.165) is 0 Å². The van der Waals surface area contributed by atoms with Gasteiger partial charge in [-0.2, -0.15) is 0 Å². The summed E-state index contributed by atoms with van der Waals surface area (Å²) >= 11 is 0. The number of nitrogens with zero attached hydrogens (tertiary/aromatic N) is 5. The molecule has 0 amide bonds. The Morgan fingerprint density at radius 1 is 1.27 bits per heavy atom. The van der Waals surface area contributed by atoms with Crippen molar-refractivity contribution in [3.8, 4) is 0 Å². The third kappa shape index (κ3) is 2.34. The minimum absolute atomic E-state index is 0.0310. The number of aryl methyl sites for hydroxylation is 1. The van der Waals surface area contributed by atoms with Gasteiger partial charge in [-0.25, -0.2) is 19.9 Å². The third-order valence-corrected chi connectivity index (χ3v) is 3.37. The van der Waals surface area contributed by atoms with Crippen molar-refractivity contribution in [3.05, 3.63) is 42.1 Å². The van der Waals surface area contributed by atoms with Crippen LogP contribution in [0.2, 0.25) is 0 Å². The number of nitrogen functional groups attached to an aromatic ring is 1. The molecule has 3 aromatic heterocycles. The fraction of sp³-hybridized carbons (Fsp3) is 0.214. The van der Waals surface area contributed by atoms with Gasteiger partial charge in [0.25, 0.3) is 0 Å². The Kier molecular flexibility index (Phi) is 3.42. The molecule has 0 aliphatic rings. The van der Waals surface area contributed by atoms with E-state index in [4.69, 9.17) is 11.1 Å². The van der Waals surface area contributed by atoms with Gasteiger partial charge in [0.05, 0.1) is 6.04 Å². The monoisotopic (exact) mass is 296 g/mol. The molecule has 3 aromatic rings. The Morgan fingerprint density at radius 3 is 2.68 bits per heavy atom. The molecular formula is C14H16N8. The van der Waals surface area contributed by atoms with Crippen molar-refractivity contribution in [3.63, 3.8) is 0 Å². The van der Waals surface area contributed by atoms with Crippen LogP contribution in [-0.4, -0.2) is 30.3 Å². The highest BCUT2D eigenvalue weighted by Gasteiger charge is 2.16. The van der Waals surface area contributed by atoms with Gasteiger partial charge in [-0.3, -0.25) is 9.98 Å². The molecule has 0 radical (unpaired) electrons. The van der Waals surface area contributed by atoms with E-state index in [1.165, 1.54) is 0 Å². The number of nitrogens with one attached hydrogen (secondary N) is 2. The molecule has 0 fully saturated rings. The number of amidine groups is 1. The SMILES string of the molecule is CC(Nc1nc2c(C(=N)N)ccnc2n1C)c1ncccn1. The van der Waals surface area contributed by atoms with E-state index in [2.05, 4.69) is 25.3 Å². The molecule has 22 heavy (non-hydrogen) atoms. The summed E-state index contributed by atoms with van der Waals surface area (Å²) < 4.78 is 1.82. The van der Waals surface area contributed by atoms with Crippen LogP contribution in [0.1, 0.15) is 24.4 Å². The van der Waals surface area contributed by atoms with Gasteiger partial charge in [-0.15, -0.1) is 0 Å². The summed E-state index contributed by atoms with van der Waals surface area (Å²) in [5.74, 6) is 1.27. The second-order valence-corrected chi connectivity index (χ2v) is 4.91. The van der Waals surface area contributed by atoms with Gasteiger partial charge in [0.1, 0.15) is 17.2 Å². The Morgan fingerprint density at radius 2 is 2.00 bits per heavy atom. The molecule has 0 bridgehead atoms. The zero-order valence-corrected chi connectivity index (χ0v) is 12.3. The molecule has 0 saturated heterocycles.